The van der Waals surface area contributed by atoms with E-state index in [4.69, 9.17) is 0 Å². The Kier molecular flexibility index (Phi) is 4.22. The molecule has 1 unspecified atom stereocenters. The van der Waals surface area contributed by atoms with Crippen LogP contribution in [0, 0.1) is 0 Å². The Morgan fingerprint density at radius 2 is 2.23 bits per heavy atom. The summed E-state index contributed by atoms with van der Waals surface area (Å²) in [7, 11) is 1.73. The summed E-state index contributed by atoms with van der Waals surface area (Å²) < 4.78 is 1.79. The van der Waals surface area contributed by atoms with Crippen molar-refractivity contribution < 1.29 is 9.90 Å². The van der Waals surface area contributed by atoms with Gasteiger partial charge in [-0.15, -0.1) is 0 Å². The first-order chi connectivity index (χ1) is 10.6. The average molecular weight is 317 g/mol. The van der Waals surface area contributed by atoms with E-state index < -0.39 is 5.60 Å². The number of aromatic nitrogens is 2. The Balaban J connectivity index is 1.68. The van der Waals surface area contributed by atoms with E-state index in [1.807, 2.05) is 36.5 Å². The molecule has 1 atom stereocenters. The lowest BCUT2D eigenvalue weighted by atomic mass is 10.0. The number of hydrogen-bond acceptors (Lipinski definition) is 4. The molecule has 1 aromatic carbocycles. The lowest BCUT2D eigenvalue weighted by Gasteiger charge is -2.26. The Morgan fingerprint density at radius 3 is 2.91 bits per heavy atom. The van der Waals surface area contributed by atoms with Crippen LogP contribution in [0.2, 0.25) is 0 Å². The fourth-order valence-corrected chi connectivity index (χ4v) is 3.82. The lowest BCUT2D eigenvalue weighted by molar-refractivity contribution is -0.147. The van der Waals surface area contributed by atoms with E-state index in [1.165, 1.54) is 0 Å². The van der Waals surface area contributed by atoms with Crippen LogP contribution in [-0.2, 0) is 11.3 Å². The van der Waals surface area contributed by atoms with E-state index in [1.54, 1.807) is 34.6 Å². The maximum absolute atomic E-state index is 12.4. The van der Waals surface area contributed by atoms with Gasteiger partial charge in [0.25, 0.3) is 5.91 Å². The Hall–Kier alpha value is -1.79. The maximum atomic E-state index is 12.4. The predicted octanol–water partition coefficient (Wildman–Crippen LogP) is 1.70. The third-order valence-electron chi connectivity index (χ3n) is 3.82. The predicted molar refractivity (Wildman–Crippen MR) is 86.9 cm³/mol. The molecule has 1 aliphatic rings. The molecule has 0 bridgehead atoms. The van der Waals surface area contributed by atoms with E-state index in [2.05, 4.69) is 5.10 Å². The Bertz CT molecular complexity index is 650. The minimum absolute atomic E-state index is 0.204. The quantitative estimate of drug-likeness (QED) is 0.932. The van der Waals surface area contributed by atoms with Gasteiger partial charge in [0.2, 0.25) is 0 Å². The molecule has 2 heterocycles. The topological polar surface area (TPSA) is 58.4 Å². The summed E-state index contributed by atoms with van der Waals surface area (Å²) in [5.41, 5.74) is 0.719. The number of para-hydroxylation sites is 1. The molecule has 1 amide bonds. The minimum Gasteiger partial charge on any atom is -0.379 e. The molecule has 116 valence electrons. The van der Waals surface area contributed by atoms with Crippen molar-refractivity contribution >= 4 is 17.7 Å². The average Bonchev–Trinajstić information content (AvgIpc) is 3.17. The van der Waals surface area contributed by atoms with Crippen LogP contribution in [0.4, 0.5) is 0 Å². The van der Waals surface area contributed by atoms with Crippen LogP contribution in [0.3, 0.4) is 0 Å². The number of likely N-dealkylation sites (N-methyl/N-ethyl adjacent to an activating group) is 1. The van der Waals surface area contributed by atoms with Gasteiger partial charge in [0.05, 0.1) is 11.9 Å². The summed E-state index contributed by atoms with van der Waals surface area (Å²) in [5, 5.41) is 14.7. The van der Waals surface area contributed by atoms with Crippen LogP contribution >= 0.6 is 11.8 Å². The SMILES string of the molecule is CN(Cc1cnn(-c2ccccc2)c1)C(=O)C1(O)CCSC1. The number of thioether (sulfide) groups is 1. The summed E-state index contributed by atoms with van der Waals surface area (Å²) in [6, 6.07) is 9.83. The number of rotatable bonds is 4. The molecule has 0 aliphatic carbocycles. The van der Waals surface area contributed by atoms with Crippen molar-refractivity contribution in [2.75, 3.05) is 18.6 Å². The summed E-state index contributed by atoms with van der Waals surface area (Å²) in [6.07, 6.45) is 4.20. The number of carbonyl (C=O) groups is 1. The van der Waals surface area contributed by atoms with Crippen molar-refractivity contribution in [3.8, 4) is 5.69 Å². The van der Waals surface area contributed by atoms with Crippen molar-refractivity contribution in [1.82, 2.24) is 14.7 Å². The van der Waals surface area contributed by atoms with Crippen molar-refractivity contribution in [2.45, 2.75) is 18.6 Å². The molecule has 1 fully saturated rings. The second-order valence-corrected chi connectivity index (χ2v) is 6.73. The monoisotopic (exact) mass is 317 g/mol. The molecule has 0 saturated carbocycles. The van der Waals surface area contributed by atoms with E-state index in [9.17, 15) is 9.90 Å². The van der Waals surface area contributed by atoms with Crippen molar-refractivity contribution in [1.29, 1.82) is 0 Å². The second kappa shape index (κ2) is 6.14. The molecule has 0 spiro atoms. The lowest BCUT2D eigenvalue weighted by Crippen LogP contribution is -2.47. The highest BCUT2D eigenvalue weighted by Gasteiger charge is 2.41. The number of aliphatic hydroxyl groups is 1. The van der Waals surface area contributed by atoms with Gasteiger partial charge in [0.1, 0.15) is 0 Å². The zero-order valence-electron chi connectivity index (χ0n) is 12.5. The van der Waals surface area contributed by atoms with Crippen LogP contribution in [0.1, 0.15) is 12.0 Å². The summed E-state index contributed by atoms with van der Waals surface area (Å²) >= 11 is 1.62. The van der Waals surface area contributed by atoms with Crippen molar-refractivity contribution in [3.63, 3.8) is 0 Å². The maximum Gasteiger partial charge on any atom is 0.255 e. The van der Waals surface area contributed by atoms with Gasteiger partial charge < -0.3 is 10.0 Å². The zero-order chi connectivity index (χ0) is 15.6. The first-order valence-electron chi connectivity index (χ1n) is 7.23. The van der Waals surface area contributed by atoms with Crippen LogP contribution in [0.25, 0.3) is 5.69 Å². The summed E-state index contributed by atoms with van der Waals surface area (Å²) in [4.78, 5) is 14.0. The van der Waals surface area contributed by atoms with Gasteiger partial charge in [-0.25, -0.2) is 4.68 Å². The van der Waals surface area contributed by atoms with Gasteiger partial charge in [-0.3, -0.25) is 4.79 Å². The Labute approximate surface area is 133 Å². The number of carbonyl (C=O) groups excluding carboxylic acids is 1. The third-order valence-corrected chi connectivity index (χ3v) is 5.00. The van der Waals surface area contributed by atoms with Crippen LogP contribution in [-0.4, -0.2) is 49.8 Å². The molecule has 6 heteroatoms. The highest BCUT2D eigenvalue weighted by molar-refractivity contribution is 7.99. The molecule has 3 rings (SSSR count). The van der Waals surface area contributed by atoms with Crippen molar-refractivity contribution in [3.05, 3.63) is 48.3 Å². The molecule has 22 heavy (non-hydrogen) atoms. The Morgan fingerprint density at radius 1 is 1.45 bits per heavy atom. The first-order valence-corrected chi connectivity index (χ1v) is 8.39. The first kappa shape index (κ1) is 15.1. The molecule has 5 nitrogen and oxygen atoms in total. The van der Waals surface area contributed by atoms with Gasteiger partial charge in [0.15, 0.2) is 5.60 Å². The molecule has 1 saturated heterocycles. The fourth-order valence-electron chi connectivity index (χ4n) is 2.59. The van der Waals surface area contributed by atoms with Crippen LogP contribution in [0.15, 0.2) is 42.7 Å². The standard InChI is InChI=1S/C16H19N3O2S/c1-18(15(20)16(21)7-8-22-12-16)10-13-9-17-19(11-13)14-5-3-2-4-6-14/h2-6,9,11,21H,7-8,10,12H2,1H3. The van der Waals surface area contributed by atoms with Gasteiger partial charge >= 0.3 is 0 Å². The molecular weight excluding hydrogens is 298 g/mol. The highest BCUT2D eigenvalue weighted by Crippen LogP contribution is 2.29. The summed E-state index contributed by atoms with van der Waals surface area (Å²) in [6.45, 7) is 0.443. The largest absolute Gasteiger partial charge is 0.379 e. The third kappa shape index (κ3) is 3.03. The van der Waals surface area contributed by atoms with E-state index in [0.29, 0.717) is 18.7 Å². The fraction of sp³-hybridized carbons (Fsp3) is 0.375. The van der Waals surface area contributed by atoms with Crippen molar-refractivity contribution in [2.24, 2.45) is 0 Å². The zero-order valence-corrected chi connectivity index (χ0v) is 13.3. The summed E-state index contributed by atoms with van der Waals surface area (Å²) in [5.74, 6) is 1.12. The molecule has 1 aromatic heterocycles. The number of benzene rings is 1. The second-order valence-electron chi connectivity index (χ2n) is 5.62. The molecular formula is C16H19N3O2S. The van der Waals surface area contributed by atoms with Gasteiger partial charge in [-0.1, -0.05) is 18.2 Å². The van der Waals surface area contributed by atoms with Gasteiger partial charge in [0, 0.05) is 31.1 Å². The highest BCUT2D eigenvalue weighted by atomic mass is 32.2. The van der Waals surface area contributed by atoms with Crippen LogP contribution < -0.4 is 0 Å². The van der Waals surface area contributed by atoms with Gasteiger partial charge in [-0.2, -0.15) is 16.9 Å². The van der Waals surface area contributed by atoms with E-state index in [0.717, 1.165) is 17.0 Å². The van der Waals surface area contributed by atoms with Crippen LogP contribution in [0.5, 0.6) is 0 Å². The molecule has 2 aromatic rings. The van der Waals surface area contributed by atoms with Gasteiger partial charge in [-0.05, 0) is 24.3 Å². The number of hydrogen-bond donors (Lipinski definition) is 1. The number of nitrogens with zero attached hydrogens (tertiary/aromatic N) is 3. The molecule has 1 N–H and O–H groups in total. The van der Waals surface area contributed by atoms with E-state index >= 15 is 0 Å². The molecule has 1 aliphatic heterocycles. The minimum atomic E-state index is -1.20. The normalized spacial score (nSPS) is 21.0. The number of amides is 1. The van der Waals surface area contributed by atoms with E-state index in [-0.39, 0.29) is 5.91 Å². The molecule has 0 radical (unpaired) electrons. The smallest absolute Gasteiger partial charge is 0.255 e.